The van der Waals surface area contributed by atoms with Crippen LogP contribution in [0.15, 0.2) is 47.2 Å². The second kappa shape index (κ2) is 6.78. The summed E-state index contributed by atoms with van der Waals surface area (Å²) >= 11 is 8.27. The molecule has 0 fully saturated rings. The fourth-order valence-corrected chi connectivity index (χ4v) is 2.41. The van der Waals surface area contributed by atoms with Crippen LogP contribution in [0, 0.1) is 0 Å². The van der Waals surface area contributed by atoms with Crippen LogP contribution in [-0.2, 0) is 6.54 Å². The molecular weight excluding hydrogens is 350 g/mol. The SMILES string of the molecule is CN(Cc1cccc(C(N)=S)c1)C(=O)c1cncc(Br)c1. The van der Waals surface area contributed by atoms with Gasteiger partial charge < -0.3 is 10.6 Å². The minimum Gasteiger partial charge on any atom is -0.389 e. The summed E-state index contributed by atoms with van der Waals surface area (Å²) in [6.45, 7) is 0.474. The molecule has 0 aliphatic carbocycles. The number of pyridine rings is 1. The normalized spacial score (nSPS) is 10.2. The molecule has 1 aromatic heterocycles. The molecular formula is C15H14BrN3OS. The summed E-state index contributed by atoms with van der Waals surface area (Å²) in [5, 5.41) is 0. The van der Waals surface area contributed by atoms with Crippen molar-refractivity contribution in [2.24, 2.45) is 5.73 Å². The first-order chi connectivity index (χ1) is 9.97. The van der Waals surface area contributed by atoms with Crippen molar-refractivity contribution >= 4 is 39.0 Å². The maximum atomic E-state index is 12.3. The minimum absolute atomic E-state index is 0.0930. The van der Waals surface area contributed by atoms with Gasteiger partial charge in [-0.05, 0) is 33.6 Å². The Kier molecular flexibility index (Phi) is 5.03. The zero-order valence-electron chi connectivity index (χ0n) is 11.4. The van der Waals surface area contributed by atoms with Gasteiger partial charge >= 0.3 is 0 Å². The molecule has 2 N–H and O–H groups in total. The minimum atomic E-state index is -0.0930. The molecule has 21 heavy (non-hydrogen) atoms. The number of halogens is 1. The Bertz CT molecular complexity index is 690. The Morgan fingerprint density at radius 3 is 2.76 bits per heavy atom. The first-order valence-electron chi connectivity index (χ1n) is 6.22. The molecule has 0 saturated heterocycles. The first kappa shape index (κ1) is 15.6. The van der Waals surface area contributed by atoms with Crippen LogP contribution >= 0.6 is 28.1 Å². The summed E-state index contributed by atoms with van der Waals surface area (Å²) in [7, 11) is 1.75. The standard InChI is InChI=1S/C15H14BrN3OS/c1-19(15(20)12-6-13(16)8-18-7-12)9-10-3-2-4-11(5-10)14(17)21/h2-8H,9H2,1H3,(H2,17,21). The summed E-state index contributed by atoms with van der Waals surface area (Å²) in [5.41, 5.74) is 7.93. The molecule has 1 heterocycles. The molecule has 0 aliphatic heterocycles. The molecule has 0 atom stereocenters. The van der Waals surface area contributed by atoms with E-state index in [-0.39, 0.29) is 5.91 Å². The quantitative estimate of drug-likeness (QED) is 0.848. The number of thiocarbonyl (C=S) groups is 1. The first-order valence-corrected chi connectivity index (χ1v) is 7.42. The highest BCUT2D eigenvalue weighted by molar-refractivity contribution is 9.10. The van der Waals surface area contributed by atoms with E-state index in [1.54, 1.807) is 30.4 Å². The molecule has 0 aliphatic rings. The lowest BCUT2D eigenvalue weighted by Gasteiger charge is -2.17. The molecule has 2 rings (SSSR count). The number of nitrogens with zero attached hydrogens (tertiary/aromatic N) is 2. The van der Waals surface area contributed by atoms with Crippen LogP contribution in [0.3, 0.4) is 0 Å². The van der Waals surface area contributed by atoms with Crippen LogP contribution in [0.1, 0.15) is 21.5 Å². The van der Waals surface area contributed by atoms with Gasteiger partial charge in [0.25, 0.3) is 5.91 Å². The van der Waals surface area contributed by atoms with E-state index in [2.05, 4.69) is 20.9 Å². The Morgan fingerprint density at radius 1 is 1.33 bits per heavy atom. The number of hydrogen-bond acceptors (Lipinski definition) is 3. The van der Waals surface area contributed by atoms with Crippen LogP contribution < -0.4 is 5.73 Å². The third kappa shape index (κ3) is 4.09. The number of nitrogens with two attached hydrogens (primary N) is 1. The van der Waals surface area contributed by atoms with E-state index in [1.807, 2.05) is 24.3 Å². The predicted octanol–water partition coefficient (Wildman–Crippen LogP) is 2.75. The van der Waals surface area contributed by atoms with Crippen molar-refractivity contribution in [3.05, 3.63) is 63.9 Å². The summed E-state index contributed by atoms with van der Waals surface area (Å²) in [6.07, 6.45) is 3.19. The molecule has 4 nitrogen and oxygen atoms in total. The second-order valence-corrected chi connectivity index (χ2v) is 5.97. The zero-order valence-corrected chi connectivity index (χ0v) is 13.8. The lowest BCUT2D eigenvalue weighted by Crippen LogP contribution is -2.26. The number of benzene rings is 1. The average molecular weight is 364 g/mol. The Hall–Kier alpha value is -1.79. The molecule has 0 spiro atoms. The predicted molar refractivity (Wildman–Crippen MR) is 90.1 cm³/mol. The number of hydrogen-bond donors (Lipinski definition) is 1. The van der Waals surface area contributed by atoms with Gasteiger partial charge in [-0.2, -0.15) is 0 Å². The van der Waals surface area contributed by atoms with E-state index < -0.39 is 0 Å². The monoisotopic (exact) mass is 363 g/mol. The fraction of sp³-hybridized carbons (Fsp3) is 0.133. The molecule has 0 bridgehead atoms. The molecule has 1 amide bonds. The second-order valence-electron chi connectivity index (χ2n) is 4.62. The molecule has 1 aromatic carbocycles. The maximum Gasteiger partial charge on any atom is 0.255 e. The van der Waals surface area contributed by atoms with Crippen molar-refractivity contribution in [3.8, 4) is 0 Å². The van der Waals surface area contributed by atoms with E-state index in [1.165, 1.54) is 0 Å². The van der Waals surface area contributed by atoms with Crippen molar-refractivity contribution < 1.29 is 4.79 Å². The van der Waals surface area contributed by atoms with E-state index in [0.29, 0.717) is 17.1 Å². The van der Waals surface area contributed by atoms with E-state index in [0.717, 1.165) is 15.6 Å². The van der Waals surface area contributed by atoms with Gasteiger partial charge in [0.05, 0.1) is 5.56 Å². The lowest BCUT2D eigenvalue weighted by atomic mass is 10.1. The third-order valence-corrected chi connectivity index (χ3v) is 3.60. The number of amides is 1. The van der Waals surface area contributed by atoms with Crippen LogP contribution in [0.2, 0.25) is 0 Å². The van der Waals surface area contributed by atoms with E-state index in [4.69, 9.17) is 18.0 Å². The van der Waals surface area contributed by atoms with Gasteiger partial charge in [0.15, 0.2) is 0 Å². The van der Waals surface area contributed by atoms with Crippen LogP contribution in [0.5, 0.6) is 0 Å². The summed E-state index contributed by atoms with van der Waals surface area (Å²) in [5.74, 6) is -0.0930. The van der Waals surface area contributed by atoms with Gasteiger partial charge in [0.2, 0.25) is 0 Å². The number of rotatable bonds is 4. The summed E-state index contributed by atoms with van der Waals surface area (Å²) in [4.78, 5) is 18.3. The lowest BCUT2D eigenvalue weighted by molar-refractivity contribution is 0.0784. The fourth-order valence-electron chi connectivity index (χ4n) is 1.92. The van der Waals surface area contributed by atoms with Gasteiger partial charge in [0.1, 0.15) is 4.99 Å². The van der Waals surface area contributed by atoms with Gasteiger partial charge in [-0.15, -0.1) is 0 Å². The maximum absolute atomic E-state index is 12.3. The Morgan fingerprint density at radius 2 is 2.10 bits per heavy atom. The molecule has 6 heteroatoms. The van der Waals surface area contributed by atoms with E-state index in [9.17, 15) is 4.79 Å². The molecule has 0 radical (unpaired) electrons. The average Bonchev–Trinajstić information content (AvgIpc) is 2.46. The Labute approximate surface area is 137 Å². The number of carbonyl (C=O) groups is 1. The van der Waals surface area contributed by atoms with Crippen molar-refractivity contribution in [3.63, 3.8) is 0 Å². The van der Waals surface area contributed by atoms with Crippen molar-refractivity contribution in [2.75, 3.05) is 7.05 Å². The van der Waals surface area contributed by atoms with Crippen LogP contribution in [-0.4, -0.2) is 27.8 Å². The zero-order chi connectivity index (χ0) is 15.4. The van der Waals surface area contributed by atoms with E-state index >= 15 is 0 Å². The number of carbonyl (C=O) groups excluding carboxylic acids is 1. The van der Waals surface area contributed by atoms with Crippen molar-refractivity contribution in [1.82, 2.24) is 9.88 Å². The Balaban J connectivity index is 2.14. The highest BCUT2D eigenvalue weighted by atomic mass is 79.9. The molecule has 0 saturated carbocycles. The molecule has 2 aromatic rings. The smallest absolute Gasteiger partial charge is 0.255 e. The largest absolute Gasteiger partial charge is 0.389 e. The topological polar surface area (TPSA) is 59.2 Å². The van der Waals surface area contributed by atoms with Gasteiger partial charge in [0, 0.05) is 36.0 Å². The van der Waals surface area contributed by atoms with Crippen molar-refractivity contribution in [1.29, 1.82) is 0 Å². The van der Waals surface area contributed by atoms with Gasteiger partial charge in [-0.25, -0.2) is 0 Å². The van der Waals surface area contributed by atoms with Crippen molar-refractivity contribution in [2.45, 2.75) is 6.54 Å². The summed E-state index contributed by atoms with van der Waals surface area (Å²) in [6, 6.07) is 9.31. The van der Waals surface area contributed by atoms with Crippen LogP contribution in [0.4, 0.5) is 0 Å². The highest BCUT2D eigenvalue weighted by Gasteiger charge is 2.13. The number of aromatic nitrogens is 1. The van der Waals surface area contributed by atoms with Crippen LogP contribution in [0.25, 0.3) is 0 Å². The third-order valence-electron chi connectivity index (χ3n) is 2.93. The molecule has 108 valence electrons. The van der Waals surface area contributed by atoms with Gasteiger partial charge in [-0.3, -0.25) is 9.78 Å². The highest BCUT2D eigenvalue weighted by Crippen LogP contribution is 2.13. The van der Waals surface area contributed by atoms with Gasteiger partial charge in [-0.1, -0.05) is 30.4 Å². The molecule has 0 unspecified atom stereocenters. The summed E-state index contributed by atoms with van der Waals surface area (Å²) < 4.78 is 0.775.